The number of carboxylic acids is 1. The zero-order chi connectivity index (χ0) is 18.9. The second-order valence-corrected chi connectivity index (χ2v) is 6.00. The highest BCUT2D eigenvalue weighted by Gasteiger charge is 2.36. The largest absolute Gasteiger partial charge is 0.480 e. The van der Waals surface area contributed by atoms with Crippen LogP contribution >= 0.6 is 0 Å². The zero-order valence-electron chi connectivity index (χ0n) is 13.5. The Labute approximate surface area is 146 Å². The van der Waals surface area contributed by atoms with Gasteiger partial charge in [0.1, 0.15) is 12.4 Å². The third-order valence-corrected chi connectivity index (χ3v) is 4.20. The Morgan fingerprint density at radius 2 is 1.92 bits per heavy atom. The molecule has 0 saturated carbocycles. The minimum Gasteiger partial charge on any atom is -0.480 e. The zero-order valence-corrected chi connectivity index (χ0v) is 13.5. The minimum absolute atomic E-state index is 0.00831. The highest BCUT2D eigenvalue weighted by molar-refractivity contribution is 5.96. The summed E-state index contributed by atoms with van der Waals surface area (Å²) in [4.78, 5) is 25.4. The van der Waals surface area contributed by atoms with Crippen LogP contribution in [0.25, 0.3) is 0 Å². The van der Waals surface area contributed by atoms with Crippen molar-refractivity contribution in [3.05, 3.63) is 47.5 Å². The molecule has 1 aliphatic heterocycles. The summed E-state index contributed by atoms with van der Waals surface area (Å²) in [5.41, 5.74) is 0.659. The molecule has 1 amide bonds. The molecule has 0 aliphatic carbocycles. The Bertz CT molecular complexity index is 817. The molecule has 0 spiro atoms. The number of amides is 1. The number of carboxylic acid groups (broad SMARTS) is 1. The number of alkyl halides is 3. The van der Waals surface area contributed by atoms with Gasteiger partial charge < -0.3 is 14.6 Å². The van der Waals surface area contributed by atoms with Crippen LogP contribution in [0.2, 0.25) is 0 Å². The topological polar surface area (TPSA) is 88.3 Å². The van der Waals surface area contributed by atoms with E-state index in [-0.39, 0.29) is 25.1 Å². The van der Waals surface area contributed by atoms with E-state index in [4.69, 9.17) is 0 Å². The number of aryl methyl sites for hydroxylation is 1. The van der Waals surface area contributed by atoms with Crippen LogP contribution in [0.15, 0.2) is 30.6 Å². The lowest BCUT2D eigenvalue weighted by molar-refractivity contribution is -0.143. The molecule has 3 rings (SSSR count). The van der Waals surface area contributed by atoms with Crippen molar-refractivity contribution in [1.29, 1.82) is 0 Å². The van der Waals surface area contributed by atoms with Crippen molar-refractivity contribution in [2.24, 2.45) is 0 Å². The molecule has 10 heteroatoms. The van der Waals surface area contributed by atoms with E-state index in [2.05, 4.69) is 10.2 Å². The van der Waals surface area contributed by atoms with Gasteiger partial charge in [0, 0.05) is 12.0 Å². The molecule has 26 heavy (non-hydrogen) atoms. The molecule has 2 heterocycles. The fourth-order valence-corrected chi connectivity index (χ4v) is 2.79. The number of carbonyl (C=O) groups excluding carboxylic acids is 1. The molecule has 7 nitrogen and oxygen atoms in total. The summed E-state index contributed by atoms with van der Waals surface area (Å²) in [6.45, 7) is 0.0265. The maximum Gasteiger partial charge on any atom is 0.389 e. The van der Waals surface area contributed by atoms with Crippen LogP contribution in [0.3, 0.4) is 0 Å². The third-order valence-electron chi connectivity index (χ3n) is 4.20. The highest BCUT2D eigenvalue weighted by Crippen LogP contribution is 2.23. The van der Waals surface area contributed by atoms with Gasteiger partial charge in [-0.05, 0) is 24.1 Å². The van der Waals surface area contributed by atoms with E-state index in [1.165, 1.54) is 35.5 Å². The lowest BCUT2D eigenvalue weighted by Crippen LogP contribution is -2.50. The summed E-state index contributed by atoms with van der Waals surface area (Å²) in [5.74, 6) is -1.20. The smallest absolute Gasteiger partial charge is 0.389 e. The molecule has 138 valence electrons. The van der Waals surface area contributed by atoms with Crippen LogP contribution in [-0.2, 0) is 24.3 Å². The fourth-order valence-electron chi connectivity index (χ4n) is 2.79. The Hall–Kier alpha value is -2.91. The highest BCUT2D eigenvalue weighted by atomic mass is 19.4. The summed E-state index contributed by atoms with van der Waals surface area (Å²) < 4.78 is 38.4. The van der Waals surface area contributed by atoms with Crippen molar-refractivity contribution in [3.8, 4) is 0 Å². The summed E-state index contributed by atoms with van der Waals surface area (Å²) in [6, 6.07) is 4.64. The van der Waals surface area contributed by atoms with Crippen LogP contribution in [0.1, 0.15) is 28.2 Å². The van der Waals surface area contributed by atoms with Gasteiger partial charge in [0.05, 0.1) is 13.1 Å². The summed E-state index contributed by atoms with van der Waals surface area (Å²) in [6.07, 6.45) is -3.96. The molecule has 0 bridgehead atoms. The van der Waals surface area contributed by atoms with E-state index in [0.29, 0.717) is 11.4 Å². The van der Waals surface area contributed by atoms with Crippen LogP contribution in [-0.4, -0.2) is 48.9 Å². The van der Waals surface area contributed by atoms with Gasteiger partial charge in [0.2, 0.25) is 0 Å². The maximum atomic E-state index is 12.7. The van der Waals surface area contributed by atoms with E-state index >= 15 is 0 Å². The van der Waals surface area contributed by atoms with Crippen molar-refractivity contribution in [3.63, 3.8) is 0 Å². The Balaban J connectivity index is 1.76. The molecule has 1 aliphatic rings. The first-order valence-electron chi connectivity index (χ1n) is 7.81. The first-order chi connectivity index (χ1) is 12.2. The van der Waals surface area contributed by atoms with E-state index in [1.807, 2.05) is 0 Å². The van der Waals surface area contributed by atoms with Crippen molar-refractivity contribution in [2.45, 2.75) is 38.1 Å². The number of nitrogens with zero attached hydrogens (tertiary/aromatic N) is 4. The lowest BCUT2D eigenvalue weighted by atomic mass is 10.1. The second kappa shape index (κ2) is 6.77. The number of rotatable bonds is 4. The van der Waals surface area contributed by atoms with Crippen LogP contribution < -0.4 is 0 Å². The van der Waals surface area contributed by atoms with Crippen molar-refractivity contribution in [2.75, 3.05) is 0 Å². The molecule has 1 aromatic heterocycles. The summed E-state index contributed by atoms with van der Waals surface area (Å²) in [7, 11) is 0. The molecule has 1 N–H and O–H groups in total. The van der Waals surface area contributed by atoms with Crippen LogP contribution in [0.5, 0.6) is 0 Å². The van der Waals surface area contributed by atoms with Crippen molar-refractivity contribution >= 4 is 11.9 Å². The van der Waals surface area contributed by atoms with E-state index in [9.17, 15) is 27.9 Å². The maximum absolute atomic E-state index is 12.7. The first-order valence-corrected chi connectivity index (χ1v) is 7.81. The van der Waals surface area contributed by atoms with E-state index in [0.717, 1.165) is 0 Å². The van der Waals surface area contributed by atoms with Crippen LogP contribution in [0.4, 0.5) is 13.2 Å². The van der Waals surface area contributed by atoms with Gasteiger partial charge in [-0.25, -0.2) is 4.79 Å². The number of hydrogen-bond donors (Lipinski definition) is 1. The van der Waals surface area contributed by atoms with E-state index in [1.54, 1.807) is 4.57 Å². The Morgan fingerprint density at radius 1 is 1.23 bits per heavy atom. The molecule has 1 aromatic carbocycles. The molecule has 1 atom stereocenters. The van der Waals surface area contributed by atoms with Gasteiger partial charge in [-0.2, -0.15) is 13.2 Å². The lowest BCUT2D eigenvalue weighted by Gasteiger charge is -2.33. The average molecular weight is 368 g/mol. The van der Waals surface area contributed by atoms with Gasteiger partial charge in [0.15, 0.2) is 5.82 Å². The molecule has 2 aromatic rings. The first kappa shape index (κ1) is 17.9. The standard InChI is InChI=1S/C16H15F3N4O3/c17-16(18,19)6-5-10-1-3-11(4-2-10)14(24)23-8-13-21-20-9-22(13)7-12(23)15(25)26/h1-4,9,12H,5-8H2,(H,25,26). The normalized spacial score (nSPS) is 17.0. The quantitative estimate of drug-likeness (QED) is 0.890. The molecule has 0 saturated heterocycles. The number of halogens is 3. The van der Waals surface area contributed by atoms with Gasteiger partial charge in [-0.1, -0.05) is 12.1 Å². The van der Waals surface area contributed by atoms with Crippen molar-refractivity contribution < 1.29 is 27.9 Å². The van der Waals surface area contributed by atoms with Gasteiger partial charge in [-0.3, -0.25) is 4.79 Å². The van der Waals surface area contributed by atoms with Gasteiger partial charge in [-0.15, -0.1) is 10.2 Å². The molecular weight excluding hydrogens is 353 g/mol. The SMILES string of the molecule is O=C(O)C1Cn2cnnc2CN1C(=O)c1ccc(CCC(F)(F)F)cc1. The molecular formula is C16H15F3N4O3. The predicted molar refractivity (Wildman–Crippen MR) is 82.1 cm³/mol. The number of aliphatic carboxylic acids is 1. The molecule has 0 fully saturated rings. The summed E-state index contributed by atoms with van der Waals surface area (Å²) in [5, 5.41) is 17.0. The molecule has 0 radical (unpaired) electrons. The predicted octanol–water partition coefficient (Wildman–Crippen LogP) is 1.88. The minimum atomic E-state index is -4.24. The van der Waals surface area contributed by atoms with Gasteiger partial charge >= 0.3 is 12.1 Å². The van der Waals surface area contributed by atoms with Crippen LogP contribution in [0, 0.1) is 0 Å². The number of hydrogen-bond acceptors (Lipinski definition) is 4. The Kier molecular flexibility index (Phi) is 4.66. The third kappa shape index (κ3) is 3.84. The number of carbonyl (C=O) groups is 2. The Morgan fingerprint density at radius 3 is 2.54 bits per heavy atom. The second-order valence-electron chi connectivity index (χ2n) is 6.00. The fraction of sp³-hybridized carbons (Fsp3) is 0.375. The molecule has 1 unspecified atom stereocenters. The van der Waals surface area contributed by atoms with E-state index < -0.39 is 30.5 Å². The van der Waals surface area contributed by atoms with Gasteiger partial charge in [0.25, 0.3) is 5.91 Å². The van der Waals surface area contributed by atoms with Crippen molar-refractivity contribution in [1.82, 2.24) is 19.7 Å². The number of aromatic nitrogens is 3. The monoisotopic (exact) mass is 368 g/mol. The number of benzene rings is 1. The number of fused-ring (bicyclic) bond motifs is 1. The summed E-state index contributed by atoms with van der Waals surface area (Å²) >= 11 is 0. The average Bonchev–Trinajstić information content (AvgIpc) is 3.05.